The molecule has 1 aromatic carbocycles. The largest absolute Gasteiger partial charge is 0.481 e. The number of alkyl halides is 3. The Kier molecular flexibility index (Phi) is 5.55. The second kappa shape index (κ2) is 6.64. The first-order valence-electron chi connectivity index (χ1n) is 5.98. The predicted octanol–water partition coefficient (Wildman–Crippen LogP) is 3.00. The fourth-order valence-corrected chi connectivity index (χ4v) is 2.23. The summed E-state index contributed by atoms with van der Waals surface area (Å²) in [6.45, 7) is 0.813. The van der Waals surface area contributed by atoms with Crippen molar-refractivity contribution in [2.75, 3.05) is 6.54 Å². The van der Waals surface area contributed by atoms with Crippen molar-refractivity contribution in [1.82, 2.24) is 5.32 Å². The van der Waals surface area contributed by atoms with Gasteiger partial charge in [-0.1, -0.05) is 13.0 Å². The van der Waals surface area contributed by atoms with Crippen molar-refractivity contribution in [2.24, 2.45) is 0 Å². The molecule has 1 unspecified atom stereocenters. The molecule has 9 heteroatoms. The van der Waals surface area contributed by atoms with E-state index < -0.39 is 42.3 Å². The molecule has 122 valence electrons. The molecule has 0 fully saturated rings. The number of aliphatic carboxylic acids is 1. The average Bonchev–Trinajstić information content (AvgIpc) is 2.37. The molecule has 1 aromatic rings. The van der Waals surface area contributed by atoms with Gasteiger partial charge in [-0.15, -0.1) is 0 Å². The van der Waals surface area contributed by atoms with Crippen molar-refractivity contribution in [3.63, 3.8) is 0 Å². The van der Waals surface area contributed by atoms with Gasteiger partial charge in [-0.05, 0) is 33.6 Å². The monoisotopic (exact) mass is 385 g/mol. The molecular weight excluding hydrogens is 374 g/mol. The van der Waals surface area contributed by atoms with Gasteiger partial charge >= 0.3 is 18.1 Å². The van der Waals surface area contributed by atoms with E-state index in [2.05, 4.69) is 15.9 Å². The van der Waals surface area contributed by atoms with Crippen LogP contribution in [0.3, 0.4) is 0 Å². The Labute approximate surface area is 131 Å². The van der Waals surface area contributed by atoms with E-state index in [1.165, 1.54) is 19.1 Å². The summed E-state index contributed by atoms with van der Waals surface area (Å²) in [5, 5.41) is 10.6. The van der Waals surface area contributed by atoms with Crippen molar-refractivity contribution in [1.29, 1.82) is 0 Å². The van der Waals surface area contributed by atoms with Gasteiger partial charge < -0.3 is 10.4 Å². The molecule has 4 nitrogen and oxygen atoms in total. The van der Waals surface area contributed by atoms with Crippen LogP contribution in [0.25, 0.3) is 0 Å². The molecule has 0 saturated heterocycles. The van der Waals surface area contributed by atoms with Crippen LogP contribution in [0.4, 0.5) is 17.6 Å². The zero-order valence-electron chi connectivity index (χ0n) is 11.3. The van der Waals surface area contributed by atoms with E-state index in [0.717, 1.165) is 6.07 Å². The molecule has 22 heavy (non-hydrogen) atoms. The molecule has 2 N–H and O–H groups in total. The van der Waals surface area contributed by atoms with Crippen LogP contribution in [0.1, 0.15) is 18.9 Å². The standard InChI is InChI=1S/C13H12BrF4NO3/c1-12(5-10(20)21,6-19-11(22)13(16,17)18)7-2-3-9(15)8(14)4-7/h2-4H,5-6H2,1H3,(H,19,22)(H,20,21). The van der Waals surface area contributed by atoms with Gasteiger partial charge in [0.2, 0.25) is 0 Å². The summed E-state index contributed by atoms with van der Waals surface area (Å²) in [5.74, 6) is -4.02. The first kappa shape index (κ1) is 18.4. The number of hydrogen-bond donors (Lipinski definition) is 2. The van der Waals surface area contributed by atoms with Gasteiger partial charge in [0.15, 0.2) is 0 Å². The van der Waals surface area contributed by atoms with Crippen molar-refractivity contribution < 1.29 is 32.3 Å². The summed E-state index contributed by atoms with van der Waals surface area (Å²) < 4.78 is 49.9. The number of carboxylic acid groups (broad SMARTS) is 1. The fourth-order valence-electron chi connectivity index (χ4n) is 1.85. The van der Waals surface area contributed by atoms with Crippen LogP contribution in [0.2, 0.25) is 0 Å². The van der Waals surface area contributed by atoms with Crippen molar-refractivity contribution in [3.8, 4) is 0 Å². The highest BCUT2D eigenvalue weighted by atomic mass is 79.9. The Morgan fingerprint density at radius 3 is 2.36 bits per heavy atom. The lowest BCUT2D eigenvalue weighted by Gasteiger charge is -2.29. The van der Waals surface area contributed by atoms with E-state index in [1.54, 1.807) is 5.32 Å². The van der Waals surface area contributed by atoms with Crippen LogP contribution < -0.4 is 5.32 Å². The van der Waals surface area contributed by atoms with Crippen molar-refractivity contribution >= 4 is 27.8 Å². The number of benzene rings is 1. The summed E-state index contributed by atoms with van der Waals surface area (Å²) in [7, 11) is 0. The summed E-state index contributed by atoms with van der Waals surface area (Å²) in [6, 6.07) is 3.60. The van der Waals surface area contributed by atoms with Gasteiger partial charge in [0, 0.05) is 12.0 Å². The molecule has 0 saturated carbocycles. The van der Waals surface area contributed by atoms with Crippen LogP contribution in [-0.4, -0.2) is 29.7 Å². The van der Waals surface area contributed by atoms with Crippen LogP contribution in [0.5, 0.6) is 0 Å². The first-order chi connectivity index (χ1) is 9.95. The lowest BCUT2D eigenvalue weighted by Crippen LogP contribution is -2.45. The maximum atomic E-state index is 13.2. The molecule has 0 aliphatic heterocycles. The van der Waals surface area contributed by atoms with Crippen molar-refractivity contribution in [2.45, 2.75) is 24.9 Å². The normalized spacial score (nSPS) is 14.3. The van der Waals surface area contributed by atoms with E-state index >= 15 is 0 Å². The highest BCUT2D eigenvalue weighted by Gasteiger charge is 2.40. The number of carboxylic acids is 1. The molecule has 0 aromatic heterocycles. The Hall–Kier alpha value is -1.64. The van der Waals surface area contributed by atoms with Gasteiger partial charge in [0.05, 0.1) is 10.9 Å². The second-order valence-electron chi connectivity index (χ2n) is 4.94. The highest BCUT2D eigenvalue weighted by Crippen LogP contribution is 2.30. The zero-order chi connectivity index (χ0) is 17.1. The molecule has 1 amide bonds. The third-order valence-electron chi connectivity index (χ3n) is 3.05. The minimum Gasteiger partial charge on any atom is -0.481 e. The minimum absolute atomic E-state index is 0.0451. The van der Waals surface area contributed by atoms with Gasteiger partial charge in [0.25, 0.3) is 0 Å². The third-order valence-corrected chi connectivity index (χ3v) is 3.66. The van der Waals surface area contributed by atoms with Crippen LogP contribution >= 0.6 is 15.9 Å². The maximum Gasteiger partial charge on any atom is 0.471 e. The summed E-state index contributed by atoms with van der Waals surface area (Å²) in [4.78, 5) is 21.9. The molecular formula is C13H12BrF4NO3. The van der Waals surface area contributed by atoms with E-state index in [-0.39, 0.29) is 10.0 Å². The second-order valence-corrected chi connectivity index (χ2v) is 5.79. The minimum atomic E-state index is -5.06. The topological polar surface area (TPSA) is 66.4 Å². The molecule has 0 radical (unpaired) electrons. The Balaban J connectivity index is 3.06. The van der Waals surface area contributed by atoms with E-state index in [9.17, 15) is 27.2 Å². The molecule has 1 atom stereocenters. The van der Waals surface area contributed by atoms with Gasteiger partial charge in [-0.25, -0.2) is 4.39 Å². The van der Waals surface area contributed by atoms with Gasteiger partial charge in [0.1, 0.15) is 5.82 Å². The molecule has 0 heterocycles. The van der Waals surface area contributed by atoms with Gasteiger partial charge in [-0.3, -0.25) is 9.59 Å². The third kappa shape index (κ3) is 4.69. The van der Waals surface area contributed by atoms with Crippen LogP contribution in [0.15, 0.2) is 22.7 Å². The summed E-state index contributed by atoms with van der Waals surface area (Å²) in [5.41, 5.74) is -1.05. The number of rotatable bonds is 5. The summed E-state index contributed by atoms with van der Waals surface area (Å²) in [6.07, 6.45) is -5.60. The lowest BCUT2D eigenvalue weighted by molar-refractivity contribution is -0.173. The maximum absolute atomic E-state index is 13.2. The molecule has 0 spiro atoms. The number of nitrogens with one attached hydrogen (secondary N) is 1. The Bertz CT molecular complexity index is 591. The SMILES string of the molecule is CC(CNC(=O)C(F)(F)F)(CC(=O)O)c1ccc(F)c(Br)c1. The number of hydrogen-bond acceptors (Lipinski definition) is 2. The molecule has 0 aliphatic rings. The van der Waals surface area contributed by atoms with Crippen LogP contribution in [-0.2, 0) is 15.0 Å². The number of amides is 1. The average molecular weight is 386 g/mol. The highest BCUT2D eigenvalue weighted by molar-refractivity contribution is 9.10. The molecule has 1 rings (SSSR count). The van der Waals surface area contributed by atoms with E-state index in [1.807, 2.05) is 0 Å². The van der Waals surface area contributed by atoms with Crippen LogP contribution in [0, 0.1) is 5.82 Å². The van der Waals surface area contributed by atoms with Gasteiger partial charge in [-0.2, -0.15) is 13.2 Å². The van der Waals surface area contributed by atoms with Crippen molar-refractivity contribution in [3.05, 3.63) is 34.1 Å². The lowest BCUT2D eigenvalue weighted by atomic mass is 9.79. The Morgan fingerprint density at radius 1 is 1.32 bits per heavy atom. The number of carbonyl (C=O) groups is 2. The zero-order valence-corrected chi connectivity index (χ0v) is 12.9. The first-order valence-corrected chi connectivity index (χ1v) is 6.77. The summed E-state index contributed by atoms with van der Waals surface area (Å²) >= 11 is 2.93. The predicted molar refractivity (Wildman–Crippen MR) is 72.8 cm³/mol. The smallest absolute Gasteiger partial charge is 0.471 e. The van der Waals surface area contributed by atoms with E-state index in [4.69, 9.17) is 5.11 Å². The Morgan fingerprint density at radius 2 is 1.91 bits per heavy atom. The fraction of sp³-hybridized carbons (Fsp3) is 0.385. The number of carbonyl (C=O) groups excluding carboxylic acids is 1. The molecule has 0 aliphatic carbocycles. The van der Waals surface area contributed by atoms with E-state index in [0.29, 0.717) is 0 Å². The number of halogens is 5. The quantitative estimate of drug-likeness (QED) is 0.765. The molecule has 0 bridgehead atoms.